The van der Waals surface area contributed by atoms with Gasteiger partial charge in [0.05, 0.1) is 72.0 Å². The van der Waals surface area contributed by atoms with Crippen LogP contribution in [0.2, 0.25) is 0 Å². The average molecular weight is 907 g/mol. The lowest BCUT2D eigenvalue weighted by Crippen LogP contribution is -1.99. The van der Waals surface area contributed by atoms with E-state index in [0.29, 0.717) is 0 Å². The van der Waals surface area contributed by atoms with Gasteiger partial charge in [0.15, 0.2) is 0 Å². The minimum atomic E-state index is 0.773. The number of methoxy groups -OCH3 is 6. The van der Waals surface area contributed by atoms with Crippen molar-refractivity contribution >= 4 is 70.6 Å². The third-order valence-electron chi connectivity index (χ3n) is 8.92. The first kappa shape index (κ1) is 43.5. The van der Waals surface area contributed by atoms with Crippen molar-refractivity contribution in [3.05, 3.63) is 146 Å². The Morgan fingerprint density at radius 2 is 0.350 bits per heavy atom. The van der Waals surface area contributed by atoms with Crippen LogP contribution in [0.25, 0.3) is 0 Å². The molecule has 0 bridgehead atoms. The van der Waals surface area contributed by atoms with Gasteiger partial charge in [-0.1, -0.05) is 143 Å². The molecule has 0 heterocycles. The number of ether oxygens (including phenoxy) is 6. The van der Waals surface area contributed by atoms with Crippen LogP contribution in [0.3, 0.4) is 0 Å². The lowest BCUT2D eigenvalue weighted by atomic mass is 10.3. The number of para-hydroxylation sites is 6. The first-order valence-corrected chi connectivity index (χ1v) is 23.5. The molecule has 12 heteroatoms. The Morgan fingerprint density at radius 1 is 0.217 bits per heavy atom. The molecule has 0 unspecified atom stereocenters. The van der Waals surface area contributed by atoms with Crippen molar-refractivity contribution in [2.75, 3.05) is 42.7 Å². The van der Waals surface area contributed by atoms with Crippen molar-refractivity contribution in [2.45, 2.75) is 58.7 Å². The first-order chi connectivity index (χ1) is 29.5. The van der Waals surface area contributed by atoms with E-state index in [1.54, 1.807) is 113 Å². The first-order valence-electron chi connectivity index (χ1n) is 18.6. The van der Waals surface area contributed by atoms with Gasteiger partial charge in [-0.15, -0.1) is 0 Å². The molecular formula is C48H42O6S6. The molecule has 0 N–H and O–H groups in total. The number of hydrogen-bond donors (Lipinski definition) is 0. The molecule has 0 saturated carbocycles. The maximum Gasteiger partial charge on any atom is 0.132 e. The van der Waals surface area contributed by atoms with Gasteiger partial charge in [-0.05, 0) is 72.8 Å². The molecule has 7 aromatic carbocycles. The third kappa shape index (κ3) is 9.96. The quantitative estimate of drug-likeness (QED) is 0.0824. The molecule has 0 radical (unpaired) electrons. The second-order valence-electron chi connectivity index (χ2n) is 12.5. The Hall–Kier alpha value is -4.56. The molecule has 0 aromatic heterocycles. The Labute approximate surface area is 377 Å². The minimum absolute atomic E-state index is 0.773. The van der Waals surface area contributed by atoms with Gasteiger partial charge in [-0.3, -0.25) is 0 Å². The average Bonchev–Trinajstić information content (AvgIpc) is 3.30. The van der Waals surface area contributed by atoms with Gasteiger partial charge < -0.3 is 28.4 Å². The van der Waals surface area contributed by atoms with E-state index in [0.717, 1.165) is 93.2 Å². The van der Waals surface area contributed by atoms with E-state index >= 15 is 0 Å². The third-order valence-corrected chi connectivity index (χ3v) is 16.7. The molecule has 7 aromatic rings. The highest BCUT2D eigenvalue weighted by Crippen LogP contribution is 2.62. The number of hydrogen-bond acceptors (Lipinski definition) is 12. The topological polar surface area (TPSA) is 55.4 Å². The van der Waals surface area contributed by atoms with Crippen LogP contribution in [0, 0.1) is 0 Å². The summed E-state index contributed by atoms with van der Waals surface area (Å²) in [4.78, 5) is 12.0. The monoisotopic (exact) mass is 906 g/mol. The van der Waals surface area contributed by atoms with Crippen LogP contribution >= 0.6 is 70.6 Å². The van der Waals surface area contributed by atoms with Gasteiger partial charge in [-0.25, -0.2) is 0 Å². The maximum absolute atomic E-state index is 6.01. The highest BCUT2D eigenvalue weighted by Gasteiger charge is 2.31. The summed E-state index contributed by atoms with van der Waals surface area (Å²) in [6.45, 7) is 0. The summed E-state index contributed by atoms with van der Waals surface area (Å²) >= 11 is 10.1. The predicted molar refractivity (Wildman–Crippen MR) is 249 cm³/mol. The van der Waals surface area contributed by atoms with Crippen LogP contribution < -0.4 is 28.4 Å². The van der Waals surface area contributed by atoms with Crippen molar-refractivity contribution in [1.82, 2.24) is 0 Å². The van der Waals surface area contributed by atoms with Crippen LogP contribution in [0.15, 0.2) is 204 Å². The molecule has 0 saturated heterocycles. The van der Waals surface area contributed by atoms with Crippen LogP contribution in [-0.4, -0.2) is 42.7 Å². The minimum Gasteiger partial charge on any atom is -0.496 e. The van der Waals surface area contributed by atoms with Crippen molar-refractivity contribution in [3.8, 4) is 34.5 Å². The second kappa shape index (κ2) is 21.3. The van der Waals surface area contributed by atoms with E-state index < -0.39 is 0 Å². The molecular weight excluding hydrogens is 865 g/mol. The summed E-state index contributed by atoms with van der Waals surface area (Å²) in [6, 6.07) is 48.9. The van der Waals surface area contributed by atoms with Gasteiger partial charge in [0.2, 0.25) is 0 Å². The van der Waals surface area contributed by atoms with Crippen LogP contribution in [0.4, 0.5) is 0 Å². The summed E-state index contributed by atoms with van der Waals surface area (Å²) in [7, 11) is 10.3. The Bertz CT molecular complexity index is 2090. The molecule has 306 valence electrons. The predicted octanol–water partition coefficient (Wildman–Crippen LogP) is 14.6. The SMILES string of the molecule is COc1ccccc1Sc1c(Sc2ccccc2OC)c(Sc2ccccc2OC)c(Sc2ccccc2OC)c(Sc2ccccc2OC)c1Sc1ccccc1OC. The molecule has 0 aliphatic carbocycles. The smallest absolute Gasteiger partial charge is 0.132 e. The normalized spacial score (nSPS) is 10.9. The molecule has 0 spiro atoms. The van der Waals surface area contributed by atoms with Crippen LogP contribution in [-0.2, 0) is 0 Å². The Kier molecular flexibility index (Phi) is 15.5. The molecule has 7 rings (SSSR count). The van der Waals surface area contributed by atoms with E-state index in [1.165, 1.54) is 0 Å². The lowest BCUT2D eigenvalue weighted by molar-refractivity contribution is 0.404. The zero-order chi connectivity index (χ0) is 41.8. The van der Waals surface area contributed by atoms with E-state index in [2.05, 4.69) is 36.4 Å². The van der Waals surface area contributed by atoms with Gasteiger partial charge in [0, 0.05) is 29.4 Å². The zero-order valence-electron chi connectivity index (χ0n) is 33.8. The Balaban J connectivity index is 1.67. The van der Waals surface area contributed by atoms with E-state index in [9.17, 15) is 0 Å². The Morgan fingerprint density at radius 3 is 0.483 bits per heavy atom. The lowest BCUT2D eigenvalue weighted by Gasteiger charge is -2.27. The summed E-state index contributed by atoms with van der Waals surface area (Å²) in [5.41, 5.74) is 0. The van der Waals surface area contributed by atoms with Crippen LogP contribution in [0.5, 0.6) is 34.5 Å². The summed E-state index contributed by atoms with van der Waals surface area (Å²) in [6.07, 6.45) is 0. The fourth-order valence-electron chi connectivity index (χ4n) is 6.05. The largest absolute Gasteiger partial charge is 0.496 e. The number of benzene rings is 7. The molecule has 0 aliphatic heterocycles. The van der Waals surface area contributed by atoms with Gasteiger partial charge >= 0.3 is 0 Å². The highest BCUT2D eigenvalue weighted by atomic mass is 32.2. The summed E-state index contributed by atoms with van der Waals surface area (Å²) in [5.74, 6) is 4.64. The second-order valence-corrected chi connectivity index (χ2v) is 18.8. The van der Waals surface area contributed by atoms with Gasteiger partial charge in [0.1, 0.15) is 34.5 Å². The van der Waals surface area contributed by atoms with Crippen molar-refractivity contribution in [2.24, 2.45) is 0 Å². The fraction of sp³-hybridized carbons (Fsp3) is 0.125. The molecule has 0 atom stereocenters. The molecule has 0 fully saturated rings. The van der Waals surface area contributed by atoms with E-state index in [4.69, 9.17) is 28.4 Å². The van der Waals surface area contributed by atoms with Gasteiger partial charge in [-0.2, -0.15) is 0 Å². The fourth-order valence-corrected chi connectivity index (χ4v) is 14.0. The van der Waals surface area contributed by atoms with E-state index in [1.807, 2.05) is 109 Å². The summed E-state index contributed by atoms with van der Waals surface area (Å²) in [5, 5.41) is 0. The van der Waals surface area contributed by atoms with E-state index in [-0.39, 0.29) is 0 Å². The van der Waals surface area contributed by atoms with Crippen molar-refractivity contribution in [1.29, 1.82) is 0 Å². The maximum atomic E-state index is 6.01. The van der Waals surface area contributed by atoms with Crippen molar-refractivity contribution < 1.29 is 28.4 Å². The zero-order valence-corrected chi connectivity index (χ0v) is 38.7. The highest BCUT2D eigenvalue weighted by molar-refractivity contribution is 8.07. The standard InChI is InChI=1S/C48H42O6S6/c1-49-31-19-7-13-25-37(31)55-43-44(56-38-26-14-8-20-32(38)50-2)46(58-40-28-16-10-22-34(40)52-4)48(60-42-30-18-12-24-36(42)54-6)47(59-41-29-17-11-23-35(41)53-5)45(43)57-39-27-15-9-21-33(39)51-3/h7-30H,1-6H3. The van der Waals surface area contributed by atoms with Crippen molar-refractivity contribution in [3.63, 3.8) is 0 Å². The molecule has 0 aliphatic rings. The molecule has 60 heavy (non-hydrogen) atoms. The van der Waals surface area contributed by atoms with Crippen LogP contribution in [0.1, 0.15) is 0 Å². The number of rotatable bonds is 18. The molecule has 6 nitrogen and oxygen atoms in total. The summed E-state index contributed by atoms with van der Waals surface area (Å²) < 4.78 is 36.1. The van der Waals surface area contributed by atoms with Gasteiger partial charge in [0.25, 0.3) is 0 Å². The molecule has 0 amide bonds.